The molecule has 11 atom stereocenters. The number of methoxy groups -OCH3 is 3. The van der Waals surface area contributed by atoms with Gasteiger partial charge in [-0.1, -0.05) is 141 Å². The summed E-state index contributed by atoms with van der Waals surface area (Å²) in [5.74, 6) is -3.92. The Labute approximate surface area is 727 Å². The summed E-state index contributed by atoms with van der Waals surface area (Å²) in [6.45, 7) is 18.5. The second-order valence-corrected chi connectivity index (χ2v) is 34.7. The number of ether oxygens (including phenoxy) is 10. The highest BCUT2D eigenvalue weighted by atomic mass is 35.5. The molecule has 5 heterocycles. The lowest BCUT2D eigenvalue weighted by atomic mass is 10.0. The van der Waals surface area contributed by atoms with Crippen molar-refractivity contribution < 1.29 is 116 Å². The third kappa shape index (κ3) is 36.7. The number of esters is 3. The molecule has 120 heavy (non-hydrogen) atoms. The van der Waals surface area contributed by atoms with Crippen molar-refractivity contribution in [1.82, 2.24) is 29.6 Å². The second kappa shape index (κ2) is 49.7. The number of aliphatic hydroxyl groups excluding tert-OH is 1. The number of aliphatic carboxylic acids is 2. The van der Waals surface area contributed by atoms with Gasteiger partial charge in [-0.3, -0.25) is 24.3 Å². The number of likely N-dealkylation sites (tertiary alicyclic amines) is 4. The number of carboxylic acids is 2. The minimum atomic E-state index is -3.66. The van der Waals surface area contributed by atoms with E-state index in [1.807, 2.05) is 91.0 Å². The van der Waals surface area contributed by atoms with Crippen LogP contribution in [-0.4, -0.2) is 250 Å². The van der Waals surface area contributed by atoms with Crippen molar-refractivity contribution in [2.24, 2.45) is 0 Å². The molecule has 5 aromatic carbocycles. The van der Waals surface area contributed by atoms with E-state index in [4.69, 9.17) is 94.1 Å². The number of carboxylic acid groups (broad SMARTS) is 2. The zero-order chi connectivity index (χ0) is 86.7. The van der Waals surface area contributed by atoms with Crippen LogP contribution in [0.4, 0.5) is 14.4 Å². The first-order valence-corrected chi connectivity index (χ1v) is 41.2. The molecule has 5 N–H and O–H groups in total. The quantitative estimate of drug-likeness (QED) is 0.0175. The van der Waals surface area contributed by atoms with Crippen molar-refractivity contribution in [3.63, 3.8) is 0 Å². The standard InChI is InChI=1S/C24H29ClN2O6S.C18H24ClNO5.C17H22ClNO5.C13H16ClNO3.C10H17NO5.CH4.CH3.BH4.H/c1-32-24(29)22-14-20(33-16-18-8-11-19(25)12-9-18)15-27(22)23(28)21(26-34(2,30)31)13-10-17-6-4-3-5-7-17;1-18(2,3)25-17(22)20-10-14(9-15(20)16(21)23-4)24-11-12-5-7-13(19)8-6-12;1-17(2,3)24-16(22)19-9-13(8-14(19)15(20)21)23-10-11-4-6-12(18)7-5-11;1-17-13(16)12-6-11(7-15-12)18-8-9-2-4-10(14)5-3-9;1-10(2,3)16-9(15)11-5-6(12)4-7(11)8(13)14;;;;/h3-9,11-12,20-22,26H,10,13-16H2,1-2H3;5-8,14-15H,9-11H2,1-4H3;4-7,13-14H,8-10H2,1-3H3,(H,20,21);2-5,11-12,15H,6-8H2,1H3;6-7,12H,4-5H2,1-3H3,(H,13,14);1H4;1H3;1H4;/q;;;;;;3*-1/t20-,21-,22+;14-,15+;13-,14+;11-,12+;6-,7+;;;;/m11111..../s1/i;;;;;;;;1+1. The highest BCUT2D eigenvalue weighted by Gasteiger charge is 2.47. The minimum Gasteiger partial charge on any atom is -1.00 e. The minimum absolute atomic E-state index is 0. The molecule has 10 rings (SSSR count). The summed E-state index contributed by atoms with van der Waals surface area (Å²) in [4.78, 5) is 113. The van der Waals surface area contributed by atoms with E-state index in [0.717, 1.165) is 39.0 Å². The highest BCUT2D eigenvalue weighted by Crippen LogP contribution is 2.30. The van der Waals surface area contributed by atoms with Gasteiger partial charge in [-0.15, -0.1) is 0 Å². The number of carbonyl (C=O) groups is 9. The molecule has 5 fully saturated rings. The lowest BCUT2D eigenvalue weighted by Gasteiger charge is -2.27. The molecule has 0 radical (unpaired) electrons. The molecule has 4 amide bonds. The van der Waals surface area contributed by atoms with Crippen LogP contribution >= 0.6 is 46.4 Å². The number of nitrogens with one attached hydrogen (secondary N) is 2. The van der Waals surface area contributed by atoms with Gasteiger partial charge in [-0.25, -0.2) is 46.7 Å². The smallest absolute Gasteiger partial charge is 0.411 e. The molecule has 5 aliphatic rings. The van der Waals surface area contributed by atoms with Gasteiger partial charge in [0, 0.05) is 65.3 Å². The van der Waals surface area contributed by atoms with Crippen LogP contribution in [0.1, 0.15) is 138 Å². The number of amides is 4. The first-order valence-electron chi connectivity index (χ1n) is 37.8. The summed E-state index contributed by atoms with van der Waals surface area (Å²) < 4.78 is 79.9. The van der Waals surface area contributed by atoms with Crippen molar-refractivity contribution in [3.05, 3.63) is 183 Å². The predicted molar refractivity (Wildman–Crippen MR) is 460 cm³/mol. The van der Waals surface area contributed by atoms with Gasteiger partial charge in [-0.2, -0.15) is 0 Å². The molecular formula is C84H120BCl4N6O24S-3. The lowest BCUT2D eigenvalue weighted by Crippen LogP contribution is -2.52. The molecule has 0 unspecified atom stereocenters. The number of carbonyl (C=O) groups excluding carboxylic acids is 7. The number of aliphatic hydroxyl groups is 1. The van der Waals surface area contributed by atoms with Crippen LogP contribution in [0.3, 0.4) is 0 Å². The first kappa shape index (κ1) is 106. The maximum atomic E-state index is 13.5. The van der Waals surface area contributed by atoms with E-state index in [1.54, 1.807) is 98.7 Å². The monoisotopic (exact) mass is 1780 g/mol. The van der Waals surface area contributed by atoms with E-state index in [2.05, 4.69) is 14.8 Å². The fraction of sp³-hybridized carbons (Fsp3) is 0.524. The number of β-amino-alcohol motifs (C(OH)–C–C–N with tert-alkyl or cyclic N) is 1. The average Bonchev–Trinajstić information content (AvgIpc) is 1.68. The molecule has 0 aliphatic carbocycles. The zero-order valence-electron chi connectivity index (χ0n) is 69.9. The van der Waals surface area contributed by atoms with Crippen molar-refractivity contribution in [1.29, 1.82) is 0 Å². The molecule has 0 spiro atoms. The van der Waals surface area contributed by atoms with Gasteiger partial charge in [0.25, 0.3) is 0 Å². The molecule has 0 bridgehead atoms. The van der Waals surface area contributed by atoms with Gasteiger partial charge >= 0.3 is 48.1 Å². The Morgan fingerprint density at radius 1 is 0.467 bits per heavy atom. The number of nitrogens with zero attached hydrogens (tertiary/aromatic N) is 4. The fourth-order valence-electron chi connectivity index (χ4n) is 12.5. The summed E-state index contributed by atoms with van der Waals surface area (Å²) in [5.41, 5.74) is 2.86. The highest BCUT2D eigenvalue weighted by molar-refractivity contribution is 7.88. The largest absolute Gasteiger partial charge is 1.00 e. The van der Waals surface area contributed by atoms with E-state index in [-0.39, 0.29) is 113 Å². The third-order valence-corrected chi connectivity index (χ3v) is 19.9. The van der Waals surface area contributed by atoms with E-state index < -0.39 is 117 Å². The molecular weight excluding hydrogens is 1660 g/mol. The topological polar surface area (TPSA) is 378 Å². The number of rotatable bonds is 23. The second-order valence-electron chi connectivity index (χ2n) is 31.2. The Hall–Kier alpha value is -8.38. The molecule has 5 saturated heterocycles. The molecule has 0 aromatic heterocycles. The van der Waals surface area contributed by atoms with Crippen LogP contribution in [0.5, 0.6) is 0 Å². The van der Waals surface area contributed by atoms with Crippen molar-refractivity contribution in [2.45, 2.75) is 225 Å². The molecule has 30 nitrogen and oxygen atoms in total. The molecule has 36 heteroatoms. The van der Waals surface area contributed by atoms with Gasteiger partial charge in [0.1, 0.15) is 53.1 Å². The van der Waals surface area contributed by atoms with E-state index in [1.165, 1.54) is 36.0 Å². The van der Waals surface area contributed by atoms with Crippen molar-refractivity contribution in [3.8, 4) is 0 Å². The van der Waals surface area contributed by atoms with Crippen LogP contribution in [-0.2, 0) is 119 Å². The molecule has 5 aliphatic heterocycles. The number of hydrogen-bond donors (Lipinski definition) is 5. The number of aryl methyl sites for hydroxylation is 1. The van der Waals surface area contributed by atoms with Crippen LogP contribution in [0.25, 0.3) is 0 Å². The molecule has 0 saturated carbocycles. The van der Waals surface area contributed by atoms with Crippen LogP contribution in [0.2, 0.25) is 20.1 Å². The van der Waals surface area contributed by atoms with Crippen LogP contribution in [0.15, 0.2) is 127 Å². The third-order valence-electron chi connectivity index (χ3n) is 18.1. The maximum Gasteiger partial charge on any atom is 0.411 e. The predicted octanol–water partition coefficient (Wildman–Crippen LogP) is 11.2. The van der Waals surface area contributed by atoms with Crippen LogP contribution in [0, 0.1) is 7.43 Å². The van der Waals surface area contributed by atoms with Gasteiger partial charge in [-0.05, 0) is 152 Å². The van der Waals surface area contributed by atoms with E-state index >= 15 is 0 Å². The molecule has 670 valence electrons. The van der Waals surface area contributed by atoms with Crippen molar-refractivity contribution in [2.75, 3.05) is 60.3 Å². The number of benzene rings is 5. The molecule has 5 aromatic rings. The number of sulfonamides is 1. The van der Waals surface area contributed by atoms with Gasteiger partial charge in [0.05, 0.1) is 104 Å². The zero-order valence-corrected chi connectivity index (χ0v) is 72.8. The Balaban J connectivity index is 0.000000520. The summed E-state index contributed by atoms with van der Waals surface area (Å²) in [7, 11) is 0.292. The summed E-state index contributed by atoms with van der Waals surface area (Å²) >= 11 is 23.4. The van der Waals surface area contributed by atoms with Gasteiger partial charge < -0.3 is 81.8 Å². The first-order chi connectivity index (χ1) is 54.9. The Bertz CT molecular complexity index is 4190. The SMILES string of the molecule is C.CC(C)(C)OC(=O)N1C[C@H](O)C[C@H]1C(=O)O.CC(C)(C)OC(=O)N1C[C@H](OCc2ccc(Cl)cc2)C[C@H]1C(=O)O.COC(=O)[C@@H]1C[C@@H](OCc2ccc(Cl)cc2)CN1.COC(=O)[C@@H]1C[C@@H](OCc2ccc(Cl)cc2)CN1C(=O)OC(C)(C)C.COC(=O)[C@@H]1C[C@@H](OCc2ccc(Cl)cc2)CN1C(=O)[C@@H](CCc1ccccc1)NS(C)(=O)=O.[2H-].[BH4-].[CH3-]. The van der Waals surface area contributed by atoms with Gasteiger partial charge in [0.15, 0.2) is 0 Å². The lowest BCUT2D eigenvalue weighted by molar-refractivity contribution is -0.151. The Morgan fingerprint density at radius 3 is 1.12 bits per heavy atom. The average molecular weight is 1780 g/mol. The Morgan fingerprint density at radius 2 is 0.783 bits per heavy atom. The fourth-order valence-corrected chi connectivity index (χ4v) is 13.8. The van der Waals surface area contributed by atoms with Gasteiger partial charge in [0.2, 0.25) is 15.9 Å². The van der Waals surface area contributed by atoms with E-state index in [9.17, 15) is 61.8 Å². The van der Waals surface area contributed by atoms with E-state index in [0.29, 0.717) is 65.7 Å². The number of halogens is 4. The maximum absolute atomic E-state index is 13.5. The normalized spacial score (nSPS) is 20.7. The van der Waals surface area contributed by atoms with Crippen molar-refractivity contribution >= 4 is 119 Å². The number of hydrogen-bond acceptors (Lipinski definition) is 23. The Kier molecular flexibility index (Phi) is 43.8. The summed E-state index contributed by atoms with van der Waals surface area (Å²) in [5, 5.41) is 33.3. The summed E-state index contributed by atoms with van der Waals surface area (Å²) in [6, 6.07) is 34.0. The summed E-state index contributed by atoms with van der Waals surface area (Å²) in [6.07, 6.45) is -0.326. The van der Waals surface area contributed by atoms with Crippen LogP contribution < -0.4 is 10.0 Å².